The van der Waals surface area contributed by atoms with Gasteiger partial charge >= 0.3 is 0 Å². The van der Waals surface area contributed by atoms with Crippen LogP contribution in [0.4, 0.5) is 5.69 Å². The minimum atomic E-state index is -0.162. The third-order valence-corrected chi connectivity index (χ3v) is 3.36. The number of hydrogen-bond acceptors (Lipinski definition) is 3. The maximum absolute atomic E-state index is 12.1. The molecule has 0 radical (unpaired) electrons. The summed E-state index contributed by atoms with van der Waals surface area (Å²) < 4.78 is 0. The van der Waals surface area contributed by atoms with Gasteiger partial charge in [0.25, 0.3) is 0 Å². The second-order valence-electron chi connectivity index (χ2n) is 5.03. The van der Waals surface area contributed by atoms with Gasteiger partial charge in [0.05, 0.1) is 0 Å². The molecule has 0 spiro atoms. The highest BCUT2D eigenvalue weighted by molar-refractivity contribution is 5.84. The Balaban J connectivity index is 2.82. The lowest BCUT2D eigenvalue weighted by atomic mass is 10.1. The summed E-state index contributed by atoms with van der Waals surface area (Å²) >= 11 is 0. The monoisotopic (exact) mass is 277 g/mol. The smallest absolute Gasteiger partial charge is 0.242 e. The Hall–Kier alpha value is -1.55. The first-order chi connectivity index (χ1) is 9.63. The van der Waals surface area contributed by atoms with Gasteiger partial charge in [0.1, 0.15) is 6.04 Å². The van der Waals surface area contributed by atoms with Gasteiger partial charge in [-0.05, 0) is 37.5 Å². The van der Waals surface area contributed by atoms with Crippen LogP contribution in [0.1, 0.15) is 39.2 Å². The Labute approximate surface area is 122 Å². The van der Waals surface area contributed by atoms with Crippen molar-refractivity contribution in [2.75, 3.05) is 18.0 Å². The van der Waals surface area contributed by atoms with E-state index >= 15 is 0 Å². The molecular formula is C16H27N3O. The van der Waals surface area contributed by atoms with E-state index in [1.165, 1.54) is 0 Å². The number of carbonyl (C=O) groups is 1. The van der Waals surface area contributed by atoms with E-state index in [-0.39, 0.29) is 11.9 Å². The summed E-state index contributed by atoms with van der Waals surface area (Å²) in [5, 5.41) is 2.96. The van der Waals surface area contributed by atoms with E-state index in [1.807, 2.05) is 31.2 Å². The quantitative estimate of drug-likeness (QED) is 0.766. The van der Waals surface area contributed by atoms with Crippen molar-refractivity contribution >= 4 is 11.6 Å². The van der Waals surface area contributed by atoms with Crippen LogP contribution in [0.25, 0.3) is 0 Å². The van der Waals surface area contributed by atoms with Crippen molar-refractivity contribution < 1.29 is 4.79 Å². The molecule has 1 amide bonds. The number of nitrogens with one attached hydrogen (secondary N) is 1. The normalized spacial score (nSPS) is 12.0. The number of rotatable bonds is 8. The zero-order valence-corrected chi connectivity index (χ0v) is 12.9. The van der Waals surface area contributed by atoms with E-state index in [4.69, 9.17) is 5.73 Å². The lowest BCUT2D eigenvalue weighted by Gasteiger charge is -2.30. The fourth-order valence-electron chi connectivity index (χ4n) is 2.15. The molecule has 0 heterocycles. The largest absolute Gasteiger partial charge is 0.360 e. The highest BCUT2D eigenvalue weighted by atomic mass is 16.2. The lowest BCUT2D eigenvalue weighted by molar-refractivity contribution is -0.122. The van der Waals surface area contributed by atoms with Crippen molar-refractivity contribution in [3.63, 3.8) is 0 Å². The van der Waals surface area contributed by atoms with Gasteiger partial charge in [-0.25, -0.2) is 0 Å². The van der Waals surface area contributed by atoms with Crippen LogP contribution in [-0.4, -0.2) is 25.0 Å². The Morgan fingerprint density at radius 2 is 1.90 bits per heavy atom. The molecule has 0 saturated carbocycles. The first kappa shape index (κ1) is 16.5. The molecule has 112 valence electrons. The molecule has 1 unspecified atom stereocenters. The first-order valence-electron chi connectivity index (χ1n) is 7.47. The first-order valence-corrected chi connectivity index (χ1v) is 7.47. The van der Waals surface area contributed by atoms with Gasteiger partial charge in [-0.3, -0.25) is 4.79 Å². The van der Waals surface area contributed by atoms with Gasteiger partial charge in [-0.2, -0.15) is 0 Å². The molecule has 0 aliphatic carbocycles. The fourth-order valence-corrected chi connectivity index (χ4v) is 2.15. The van der Waals surface area contributed by atoms with Crippen molar-refractivity contribution in [2.24, 2.45) is 5.73 Å². The molecule has 1 aromatic carbocycles. The maximum Gasteiger partial charge on any atom is 0.242 e. The SMILES string of the molecule is CCCNC(=O)C(C)N(CCC)c1ccc(CN)cc1. The number of amides is 1. The van der Waals surface area contributed by atoms with Crippen LogP contribution in [0.15, 0.2) is 24.3 Å². The molecule has 0 aliphatic heterocycles. The zero-order chi connectivity index (χ0) is 15.0. The van der Waals surface area contributed by atoms with Gasteiger partial charge in [0.2, 0.25) is 5.91 Å². The predicted octanol–water partition coefficient (Wildman–Crippen LogP) is 2.28. The minimum absolute atomic E-state index is 0.0863. The summed E-state index contributed by atoms with van der Waals surface area (Å²) in [7, 11) is 0. The molecule has 0 saturated heterocycles. The van der Waals surface area contributed by atoms with E-state index in [1.54, 1.807) is 0 Å². The van der Waals surface area contributed by atoms with Crippen LogP contribution in [-0.2, 0) is 11.3 Å². The van der Waals surface area contributed by atoms with Crippen LogP contribution in [0.2, 0.25) is 0 Å². The number of carbonyl (C=O) groups excluding carboxylic acids is 1. The second-order valence-corrected chi connectivity index (χ2v) is 5.03. The van der Waals surface area contributed by atoms with Gasteiger partial charge in [-0.15, -0.1) is 0 Å². The summed E-state index contributed by atoms with van der Waals surface area (Å²) in [6.45, 7) is 8.27. The molecule has 1 rings (SSSR count). The Morgan fingerprint density at radius 1 is 1.25 bits per heavy atom. The predicted molar refractivity (Wildman–Crippen MR) is 84.7 cm³/mol. The van der Waals surface area contributed by atoms with Crippen molar-refractivity contribution in [1.82, 2.24) is 5.32 Å². The lowest BCUT2D eigenvalue weighted by Crippen LogP contribution is -2.45. The highest BCUT2D eigenvalue weighted by Gasteiger charge is 2.20. The minimum Gasteiger partial charge on any atom is -0.360 e. The third kappa shape index (κ3) is 4.53. The molecule has 0 aliphatic rings. The van der Waals surface area contributed by atoms with Crippen molar-refractivity contribution in [2.45, 2.75) is 46.2 Å². The van der Waals surface area contributed by atoms with Crippen LogP contribution < -0.4 is 16.0 Å². The van der Waals surface area contributed by atoms with E-state index in [2.05, 4.69) is 24.1 Å². The summed E-state index contributed by atoms with van der Waals surface area (Å²) in [6, 6.07) is 7.97. The summed E-state index contributed by atoms with van der Waals surface area (Å²) in [5.41, 5.74) is 7.80. The van der Waals surface area contributed by atoms with E-state index in [0.717, 1.165) is 37.2 Å². The van der Waals surface area contributed by atoms with E-state index in [0.29, 0.717) is 6.54 Å². The zero-order valence-electron chi connectivity index (χ0n) is 12.9. The molecule has 1 aromatic rings. The molecule has 0 fully saturated rings. The van der Waals surface area contributed by atoms with Crippen molar-refractivity contribution in [3.8, 4) is 0 Å². The number of hydrogen-bond donors (Lipinski definition) is 2. The van der Waals surface area contributed by atoms with Crippen molar-refractivity contribution in [3.05, 3.63) is 29.8 Å². The molecule has 3 N–H and O–H groups in total. The molecule has 20 heavy (non-hydrogen) atoms. The van der Waals surface area contributed by atoms with Crippen molar-refractivity contribution in [1.29, 1.82) is 0 Å². The van der Waals surface area contributed by atoms with Crippen LogP contribution in [0, 0.1) is 0 Å². The summed E-state index contributed by atoms with van der Waals surface area (Å²) in [4.78, 5) is 14.3. The second kappa shape index (κ2) is 8.59. The topological polar surface area (TPSA) is 58.4 Å². The van der Waals surface area contributed by atoms with Crippen LogP contribution in [0.3, 0.4) is 0 Å². The summed E-state index contributed by atoms with van der Waals surface area (Å²) in [6.07, 6.45) is 1.96. The fraction of sp³-hybridized carbons (Fsp3) is 0.562. The standard InChI is InChI=1S/C16H27N3O/c1-4-10-18-16(20)13(3)19(11-5-2)15-8-6-14(12-17)7-9-15/h6-9,13H,4-5,10-12,17H2,1-3H3,(H,18,20). The Morgan fingerprint density at radius 3 is 2.40 bits per heavy atom. The van der Waals surface area contributed by atoms with Crippen LogP contribution >= 0.6 is 0 Å². The molecule has 0 bridgehead atoms. The molecule has 4 heteroatoms. The number of nitrogens with zero attached hydrogens (tertiary/aromatic N) is 1. The average Bonchev–Trinajstić information content (AvgIpc) is 2.49. The molecular weight excluding hydrogens is 250 g/mol. The number of nitrogens with two attached hydrogens (primary N) is 1. The molecule has 0 aromatic heterocycles. The highest BCUT2D eigenvalue weighted by Crippen LogP contribution is 2.18. The van der Waals surface area contributed by atoms with Gasteiger partial charge in [-0.1, -0.05) is 26.0 Å². The third-order valence-electron chi connectivity index (χ3n) is 3.36. The van der Waals surface area contributed by atoms with Crippen LogP contribution in [0.5, 0.6) is 0 Å². The summed E-state index contributed by atoms with van der Waals surface area (Å²) in [5.74, 6) is 0.0863. The molecule has 4 nitrogen and oxygen atoms in total. The molecule has 1 atom stereocenters. The Bertz CT molecular complexity index is 403. The van der Waals surface area contributed by atoms with Gasteiger partial charge in [0, 0.05) is 25.3 Å². The van der Waals surface area contributed by atoms with E-state index in [9.17, 15) is 4.79 Å². The van der Waals surface area contributed by atoms with Gasteiger partial charge < -0.3 is 16.0 Å². The van der Waals surface area contributed by atoms with E-state index < -0.39 is 0 Å². The maximum atomic E-state index is 12.1. The number of benzene rings is 1. The average molecular weight is 277 g/mol. The number of anilines is 1. The van der Waals surface area contributed by atoms with Gasteiger partial charge in [0.15, 0.2) is 0 Å². The Kier molecular flexibility index (Phi) is 7.09.